The van der Waals surface area contributed by atoms with Crippen molar-refractivity contribution in [1.82, 2.24) is 4.98 Å². The summed E-state index contributed by atoms with van der Waals surface area (Å²) in [6.07, 6.45) is 0. The van der Waals surface area contributed by atoms with E-state index in [-0.39, 0.29) is 0 Å². The summed E-state index contributed by atoms with van der Waals surface area (Å²) in [6, 6.07) is 16.2. The fraction of sp³-hybridized carbons (Fsp3) is 0.158. The Bertz CT molecular complexity index is 836. The second kappa shape index (κ2) is 7.27. The van der Waals surface area contributed by atoms with Gasteiger partial charge in [0.25, 0.3) is 0 Å². The average molecular weight is 337 g/mol. The van der Waals surface area contributed by atoms with Gasteiger partial charge in [-0.25, -0.2) is 4.98 Å². The predicted octanol–water partition coefficient (Wildman–Crippen LogP) is 4.96. The minimum Gasteiger partial charge on any atom is -0.497 e. The number of anilines is 1. The Labute approximate surface area is 145 Å². The maximum Gasteiger partial charge on any atom is 0.203 e. The molecule has 0 unspecified atom stereocenters. The topological polar surface area (TPSA) is 46.5 Å². The molecular weight excluding hydrogens is 318 g/mol. The van der Waals surface area contributed by atoms with E-state index < -0.39 is 0 Å². The summed E-state index contributed by atoms with van der Waals surface area (Å²) in [5.41, 5.74) is 8.28. The van der Waals surface area contributed by atoms with Gasteiger partial charge in [0.1, 0.15) is 5.75 Å². The van der Waals surface area contributed by atoms with Crippen molar-refractivity contribution in [2.75, 3.05) is 12.5 Å². The lowest BCUT2D eigenvalue weighted by atomic mass is 10.1. The zero-order valence-electron chi connectivity index (χ0n) is 13.9. The second-order valence-electron chi connectivity index (χ2n) is 5.44. The molecule has 0 bridgehead atoms. The summed E-state index contributed by atoms with van der Waals surface area (Å²) < 4.78 is 5.17. The smallest absolute Gasteiger partial charge is 0.203 e. The van der Waals surface area contributed by atoms with E-state index >= 15 is 0 Å². The van der Waals surface area contributed by atoms with E-state index in [1.807, 2.05) is 36.6 Å². The molecule has 1 heterocycles. The number of hydrazone groups is 1. The number of ether oxygens (including phenoxy) is 1. The highest BCUT2D eigenvalue weighted by atomic mass is 32.1. The van der Waals surface area contributed by atoms with E-state index in [2.05, 4.69) is 46.7 Å². The van der Waals surface area contributed by atoms with Crippen LogP contribution in [0.25, 0.3) is 11.3 Å². The molecule has 122 valence electrons. The van der Waals surface area contributed by atoms with Crippen molar-refractivity contribution in [3.63, 3.8) is 0 Å². The molecular formula is C19H19N3OS. The van der Waals surface area contributed by atoms with Gasteiger partial charge in [-0.2, -0.15) is 5.10 Å². The number of benzene rings is 2. The number of aromatic nitrogens is 1. The SMILES string of the molecule is COc1ccc(/C(C)=N\Nc2nc(-c3ccc(C)cc3)cs2)cc1. The fourth-order valence-corrected chi connectivity index (χ4v) is 2.87. The summed E-state index contributed by atoms with van der Waals surface area (Å²) in [6.45, 7) is 4.04. The molecule has 1 N–H and O–H groups in total. The Kier molecular flexibility index (Phi) is 4.91. The Hall–Kier alpha value is -2.66. The number of thiazole rings is 1. The average Bonchev–Trinajstić information content (AvgIpc) is 3.09. The third-order valence-corrected chi connectivity index (χ3v) is 4.43. The first kappa shape index (κ1) is 16.2. The van der Waals surface area contributed by atoms with Gasteiger partial charge in [0.2, 0.25) is 5.13 Å². The van der Waals surface area contributed by atoms with Crippen LogP contribution in [0.2, 0.25) is 0 Å². The van der Waals surface area contributed by atoms with Gasteiger partial charge in [-0.05, 0) is 43.7 Å². The van der Waals surface area contributed by atoms with Crippen molar-refractivity contribution in [3.05, 3.63) is 65.0 Å². The van der Waals surface area contributed by atoms with Crippen LogP contribution in [-0.2, 0) is 0 Å². The van der Waals surface area contributed by atoms with Crippen molar-refractivity contribution in [2.45, 2.75) is 13.8 Å². The molecule has 0 atom stereocenters. The van der Waals surface area contributed by atoms with E-state index in [1.54, 1.807) is 18.4 Å². The first-order valence-electron chi connectivity index (χ1n) is 7.63. The molecule has 4 nitrogen and oxygen atoms in total. The fourth-order valence-electron chi connectivity index (χ4n) is 2.21. The summed E-state index contributed by atoms with van der Waals surface area (Å²) in [7, 11) is 1.66. The molecule has 0 fully saturated rings. The summed E-state index contributed by atoms with van der Waals surface area (Å²) >= 11 is 1.54. The van der Waals surface area contributed by atoms with Crippen LogP contribution in [0.1, 0.15) is 18.1 Å². The van der Waals surface area contributed by atoms with Gasteiger partial charge in [-0.3, -0.25) is 5.43 Å². The van der Waals surface area contributed by atoms with Gasteiger partial charge in [-0.1, -0.05) is 29.8 Å². The lowest BCUT2D eigenvalue weighted by Gasteiger charge is -2.03. The maximum absolute atomic E-state index is 5.17. The van der Waals surface area contributed by atoms with E-state index in [0.717, 1.165) is 33.4 Å². The second-order valence-corrected chi connectivity index (χ2v) is 6.30. The first-order chi connectivity index (χ1) is 11.7. The summed E-state index contributed by atoms with van der Waals surface area (Å²) in [4.78, 5) is 4.58. The van der Waals surface area contributed by atoms with Gasteiger partial charge in [0.05, 0.1) is 18.5 Å². The van der Waals surface area contributed by atoms with Crippen LogP contribution in [0.15, 0.2) is 59.0 Å². The van der Waals surface area contributed by atoms with Crippen LogP contribution in [0.5, 0.6) is 5.75 Å². The zero-order chi connectivity index (χ0) is 16.9. The number of nitrogens with one attached hydrogen (secondary N) is 1. The molecule has 0 aliphatic carbocycles. The van der Waals surface area contributed by atoms with E-state index in [0.29, 0.717) is 0 Å². The highest BCUT2D eigenvalue weighted by Crippen LogP contribution is 2.25. The monoisotopic (exact) mass is 337 g/mol. The standard InChI is InChI=1S/C19H19N3OS/c1-13-4-6-16(7-5-13)18-12-24-19(20-18)22-21-14(2)15-8-10-17(23-3)11-9-15/h4-12H,1-3H3,(H,20,22)/b21-14-. The highest BCUT2D eigenvalue weighted by molar-refractivity contribution is 7.14. The molecule has 0 spiro atoms. The third-order valence-electron chi connectivity index (χ3n) is 3.68. The lowest BCUT2D eigenvalue weighted by molar-refractivity contribution is 0.415. The van der Waals surface area contributed by atoms with E-state index in [9.17, 15) is 0 Å². The number of rotatable bonds is 5. The number of aryl methyl sites for hydroxylation is 1. The van der Waals surface area contributed by atoms with Crippen molar-refractivity contribution in [3.8, 4) is 17.0 Å². The third kappa shape index (κ3) is 3.81. The van der Waals surface area contributed by atoms with Crippen molar-refractivity contribution in [2.24, 2.45) is 5.10 Å². The Morgan fingerprint density at radius 1 is 1.08 bits per heavy atom. The van der Waals surface area contributed by atoms with Crippen molar-refractivity contribution >= 4 is 22.2 Å². The van der Waals surface area contributed by atoms with Crippen LogP contribution in [-0.4, -0.2) is 17.8 Å². The van der Waals surface area contributed by atoms with Crippen LogP contribution in [0.3, 0.4) is 0 Å². The molecule has 3 rings (SSSR count). The highest BCUT2D eigenvalue weighted by Gasteiger charge is 2.04. The Morgan fingerprint density at radius 3 is 2.46 bits per heavy atom. The molecule has 24 heavy (non-hydrogen) atoms. The van der Waals surface area contributed by atoms with Crippen molar-refractivity contribution in [1.29, 1.82) is 0 Å². The van der Waals surface area contributed by atoms with Crippen LogP contribution in [0, 0.1) is 6.92 Å². The summed E-state index contributed by atoms with van der Waals surface area (Å²) in [5.74, 6) is 0.835. The maximum atomic E-state index is 5.17. The normalized spacial score (nSPS) is 11.4. The molecule has 0 radical (unpaired) electrons. The molecule has 5 heteroatoms. The quantitative estimate of drug-likeness (QED) is 0.528. The van der Waals surface area contributed by atoms with E-state index in [1.165, 1.54) is 5.56 Å². The van der Waals surface area contributed by atoms with Gasteiger partial charge in [0.15, 0.2) is 0 Å². The van der Waals surface area contributed by atoms with Gasteiger partial charge in [-0.15, -0.1) is 11.3 Å². The van der Waals surface area contributed by atoms with Gasteiger partial charge < -0.3 is 4.74 Å². The van der Waals surface area contributed by atoms with Crippen LogP contribution >= 0.6 is 11.3 Å². The Morgan fingerprint density at radius 2 is 1.79 bits per heavy atom. The minimum absolute atomic E-state index is 0.776. The van der Waals surface area contributed by atoms with Crippen LogP contribution < -0.4 is 10.2 Å². The number of methoxy groups -OCH3 is 1. The lowest BCUT2D eigenvalue weighted by Crippen LogP contribution is -1.99. The molecule has 1 aromatic heterocycles. The number of hydrogen-bond donors (Lipinski definition) is 1. The molecule has 2 aromatic carbocycles. The predicted molar refractivity (Wildman–Crippen MR) is 101 cm³/mol. The minimum atomic E-state index is 0.776. The summed E-state index contributed by atoms with van der Waals surface area (Å²) in [5, 5.41) is 7.22. The Balaban J connectivity index is 1.70. The molecule has 0 saturated carbocycles. The van der Waals surface area contributed by atoms with E-state index in [4.69, 9.17) is 4.74 Å². The molecule has 0 saturated heterocycles. The molecule has 0 aliphatic heterocycles. The number of nitrogens with zero attached hydrogens (tertiary/aromatic N) is 2. The van der Waals surface area contributed by atoms with Crippen molar-refractivity contribution < 1.29 is 4.74 Å². The zero-order valence-corrected chi connectivity index (χ0v) is 14.7. The van der Waals surface area contributed by atoms with Gasteiger partial charge in [0, 0.05) is 10.9 Å². The molecule has 0 amide bonds. The molecule has 3 aromatic rings. The number of hydrogen-bond acceptors (Lipinski definition) is 5. The molecule has 0 aliphatic rings. The largest absolute Gasteiger partial charge is 0.497 e. The van der Waals surface area contributed by atoms with Gasteiger partial charge >= 0.3 is 0 Å². The van der Waals surface area contributed by atoms with Crippen LogP contribution in [0.4, 0.5) is 5.13 Å². The first-order valence-corrected chi connectivity index (χ1v) is 8.51.